The average Bonchev–Trinajstić information content (AvgIpc) is 3.17. The van der Waals surface area contributed by atoms with Crippen LogP contribution in [0.3, 0.4) is 0 Å². The van der Waals surface area contributed by atoms with Gasteiger partial charge in [-0.1, -0.05) is 23.1 Å². The summed E-state index contributed by atoms with van der Waals surface area (Å²) in [5.41, 5.74) is 0.922. The first-order valence-electron chi connectivity index (χ1n) is 7.62. The van der Waals surface area contributed by atoms with E-state index in [0.717, 1.165) is 10.6 Å². The predicted molar refractivity (Wildman–Crippen MR) is 91.4 cm³/mol. The Hall–Kier alpha value is -2.21. The van der Waals surface area contributed by atoms with Crippen LogP contribution in [-0.4, -0.2) is 61.0 Å². The van der Waals surface area contributed by atoms with Gasteiger partial charge in [0.2, 0.25) is 11.1 Å². The highest BCUT2D eigenvalue weighted by molar-refractivity contribution is 7.99. The molecule has 0 aliphatic carbocycles. The number of nitrogens with zero attached hydrogens (tertiary/aromatic N) is 6. The zero-order valence-corrected chi connectivity index (χ0v) is 15.4. The normalized spacial score (nSPS) is 13.4. The second-order valence-electron chi connectivity index (χ2n) is 5.17. The number of hydrogen-bond acceptors (Lipinski definition) is 9. The molecule has 10 nitrogen and oxygen atoms in total. The van der Waals surface area contributed by atoms with E-state index >= 15 is 0 Å². The Bertz CT molecular complexity index is 776. The zero-order chi connectivity index (χ0) is 17.8. The lowest BCUT2D eigenvalue weighted by molar-refractivity contribution is -0.129. The van der Waals surface area contributed by atoms with E-state index in [1.807, 2.05) is 0 Å². The van der Waals surface area contributed by atoms with Gasteiger partial charge in [0.15, 0.2) is 5.13 Å². The second kappa shape index (κ2) is 7.78. The minimum absolute atomic E-state index is 0.0203. The number of carbonyl (C=O) groups is 2. The summed E-state index contributed by atoms with van der Waals surface area (Å²) in [7, 11) is 1.73. The van der Waals surface area contributed by atoms with Crippen molar-refractivity contribution in [2.45, 2.75) is 25.0 Å². The third-order valence-electron chi connectivity index (χ3n) is 3.47. The van der Waals surface area contributed by atoms with Crippen LogP contribution < -0.4 is 5.32 Å². The smallest absolute Gasteiger partial charge is 0.413 e. The Labute approximate surface area is 151 Å². The maximum atomic E-state index is 12.4. The van der Waals surface area contributed by atoms with Crippen molar-refractivity contribution in [2.24, 2.45) is 7.05 Å². The topological polar surface area (TPSA) is 115 Å². The number of carbonyl (C=O) groups excluding carboxylic acids is 2. The molecule has 1 aliphatic heterocycles. The van der Waals surface area contributed by atoms with Gasteiger partial charge in [-0.05, 0) is 17.4 Å². The summed E-state index contributed by atoms with van der Waals surface area (Å²) in [6.07, 6.45) is 0.147. The molecule has 0 saturated carbocycles. The maximum absolute atomic E-state index is 12.4. The average molecular weight is 383 g/mol. The number of nitrogens with one attached hydrogen (secondary N) is 1. The van der Waals surface area contributed by atoms with Gasteiger partial charge in [0.25, 0.3) is 0 Å². The molecule has 1 N–H and O–H groups in total. The number of thioether (sulfide) groups is 1. The van der Waals surface area contributed by atoms with Crippen LogP contribution in [-0.2, 0) is 29.5 Å². The van der Waals surface area contributed by atoms with Crippen LogP contribution in [0.15, 0.2) is 5.16 Å². The highest BCUT2D eigenvalue weighted by Gasteiger charge is 2.25. The van der Waals surface area contributed by atoms with E-state index in [9.17, 15) is 9.59 Å². The Balaban J connectivity index is 1.57. The number of anilines is 1. The summed E-state index contributed by atoms with van der Waals surface area (Å²) in [4.78, 5) is 31.0. The molecule has 0 saturated heterocycles. The molecule has 3 heterocycles. The van der Waals surface area contributed by atoms with E-state index in [4.69, 9.17) is 4.74 Å². The number of aryl methyl sites for hydroxylation is 1. The van der Waals surface area contributed by atoms with Crippen LogP contribution in [0.4, 0.5) is 9.93 Å². The molecule has 2 aromatic rings. The first kappa shape index (κ1) is 17.6. The van der Waals surface area contributed by atoms with Crippen molar-refractivity contribution in [3.63, 3.8) is 0 Å². The molecule has 134 valence electrons. The molecule has 0 bridgehead atoms. The standard InChI is InChI=1S/C13H17N7O3S2/c1-3-23-13(22)15-11-14-8-4-5-20(6-9(8)25-11)10(21)7-24-12-16-17-18-19(12)2/h3-7H2,1-2H3,(H,14,15,22). The molecule has 0 atom stereocenters. The molecule has 0 radical (unpaired) electrons. The summed E-state index contributed by atoms with van der Waals surface area (Å²) in [5.74, 6) is 0.294. The van der Waals surface area contributed by atoms with E-state index in [1.54, 1.807) is 18.9 Å². The van der Waals surface area contributed by atoms with Crippen molar-refractivity contribution >= 4 is 40.2 Å². The molecule has 2 amide bonds. The molecule has 0 aromatic carbocycles. The molecule has 1 aliphatic rings. The molecule has 3 rings (SSSR count). The number of aromatic nitrogens is 5. The first-order chi connectivity index (χ1) is 12.1. The number of hydrogen-bond donors (Lipinski definition) is 1. The number of thiazole rings is 1. The highest BCUT2D eigenvalue weighted by atomic mass is 32.2. The van der Waals surface area contributed by atoms with Gasteiger partial charge in [0, 0.05) is 24.9 Å². The summed E-state index contributed by atoms with van der Waals surface area (Å²) < 4.78 is 6.38. The summed E-state index contributed by atoms with van der Waals surface area (Å²) in [6.45, 7) is 3.14. The number of fused-ring (bicyclic) bond motifs is 1. The number of rotatable bonds is 5. The fourth-order valence-corrected chi connectivity index (χ4v) is 4.04. The molecule has 0 spiro atoms. The van der Waals surface area contributed by atoms with E-state index in [2.05, 4.69) is 25.8 Å². The van der Waals surface area contributed by atoms with Gasteiger partial charge in [0.05, 0.1) is 24.6 Å². The fourth-order valence-electron chi connectivity index (χ4n) is 2.28. The summed E-state index contributed by atoms with van der Waals surface area (Å²) >= 11 is 2.67. The highest BCUT2D eigenvalue weighted by Crippen LogP contribution is 2.29. The largest absolute Gasteiger partial charge is 0.450 e. The monoisotopic (exact) mass is 383 g/mol. The van der Waals surface area contributed by atoms with Crippen molar-refractivity contribution in [3.8, 4) is 0 Å². The minimum Gasteiger partial charge on any atom is -0.450 e. The zero-order valence-electron chi connectivity index (χ0n) is 13.8. The lowest BCUT2D eigenvalue weighted by Gasteiger charge is -2.25. The molecule has 25 heavy (non-hydrogen) atoms. The molecular weight excluding hydrogens is 366 g/mol. The van der Waals surface area contributed by atoms with Crippen molar-refractivity contribution in [1.82, 2.24) is 30.1 Å². The number of tetrazole rings is 1. The molecule has 0 unspecified atom stereocenters. The van der Waals surface area contributed by atoms with Crippen LogP contribution >= 0.6 is 23.1 Å². The minimum atomic E-state index is -0.518. The molecule has 12 heteroatoms. The predicted octanol–water partition coefficient (Wildman–Crippen LogP) is 0.912. The van der Waals surface area contributed by atoms with Gasteiger partial charge < -0.3 is 9.64 Å². The third kappa shape index (κ3) is 4.25. The summed E-state index contributed by atoms with van der Waals surface area (Å²) in [6, 6.07) is 0. The maximum Gasteiger partial charge on any atom is 0.413 e. The van der Waals surface area contributed by atoms with Crippen molar-refractivity contribution in [3.05, 3.63) is 10.6 Å². The van der Waals surface area contributed by atoms with Crippen LogP contribution in [0.25, 0.3) is 0 Å². The fraction of sp³-hybridized carbons (Fsp3) is 0.538. The van der Waals surface area contributed by atoms with Gasteiger partial charge in [-0.3, -0.25) is 10.1 Å². The van der Waals surface area contributed by atoms with Gasteiger partial charge in [-0.25, -0.2) is 14.5 Å². The van der Waals surface area contributed by atoms with Crippen molar-refractivity contribution in [1.29, 1.82) is 0 Å². The number of amides is 2. The second-order valence-corrected chi connectivity index (χ2v) is 7.20. The quantitative estimate of drug-likeness (QED) is 0.758. The van der Waals surface area contributed by atoms with Crippen molar-refractivity contribution < 1.29 is 14.3 Å². The summed E-state index contributed by atoms with van der Waals surface area (Å²) in [5, 5.41) is 14.8. The first-order valence-corrected chi connectivity index (χ1v) is 9.42. The van der Waals surface area contributed by atoms with Gasteiger partial charge in [-0.2, -0.15) is 0 Å². The van der Waals surface area contributed by atoms with Crippen LogP contribution in [0.2, 0.25) is 0 Å². The Morgan fingerprint density at radius 2 is 2.28 bits per heavy atom. The van der Waals surface area contributed by atoms with Gasteiger partial charge in [-0.15, -0.1) is 5.10 Å². The van der Waals surface area contributed by atoms with Gasteiger partial charge in [0.1, 0.15) is 0 Å². The van der Waals surface area contributed by atoms with Crippen LogP contribution in [0, 0.1) is 0 Å². The van der Waals surface area contributed by atoms with E-state index in [0.29, 0.717) is 36.4 Å². The molecular formula is C13H17N7O3S2. The molecule has 0 fully saturated rings. The number of ether oxygens (including phenoxy) is 1. The van der Waals surface area contributed by atoms with E-state index in [-0.39, 0.29) is 11.7 Å². The van der Waals surface area contributed by atoms with Crippen LogP contribution in [0.5, 0.6) is 0 Å². The Morgan fingerprint density at radius 3 is 3.00 bits per heavy atom. The Kier molecular flexibility index (Phi) is 5.48. The van der Waals surface area contributed by atoms with E-state index < -0.39 is 6.09 Å². The Morgan fingerprint density at radius 1 is 1.44 bits per heavy atom. The van der Waals surface area contributed by atoms with Gasteiger partial charge >= 0.3 is 6.09 Å². The third-order valence-corrected chi connectivity index (χ3v) is 5.47. The SMILES string of the molecule is CCOC(=O)Nc1nc2c(s1)CN(C(=O)CSc1nnnn1C)CC2. The van der Waals surface area contributed by atoms with E-state index in [1.165, 1.54) is 27.8 Å². The lowest BCUT2D eigenvalue weighted by atomic mass is 10.2. The molecule has 2 aromatic heterocycles. The van der Waals surface area contributed by atoms with Crippen molar-refractivity contribution in [2.75, 3.05) is 24.2 Å². The van der Waals surface area contributed by atoms with Crippen LogP contribution in [0.1, 0.15) is 17.5 Å². The lowest BCUT2D eigenvalue weighted by Crippen LogP contribution is -2.36.